The highest BCUT2D eigenvalue weighted by Gasteiger charge is 2.22. The Bertz CT molecular complexity index is 795. The summed E-state index contributed by atoms with van der Waals surface area (Å²) in [5.41, 5.74) is 3.38. The van der Waals surface area contributed by atoms with E-state index in [2.05, 4.69) is 46.6 Å². The second-order valence-electron chi connectivity index (χ2n) is 7.00. The van der Waals surface area contributed by atoms with Crippen molar-refractivity contribution in [3.8, 4) is 6.07 Å². The van der Waals surface area contributed by atoms with E-state index in [1.807, 2.05) is 0 Å². The van der Waals surface area contributed by atoms with Gasteiger partial charge in [-0.05, 0) is 56.0 Å². The summed E-state index contributed by atoms with van der Waals surface area (Å²) in [6, 6.07) is 18.0. The lowest BCUT2D eigenvalue weighted by atomic mass is 10.1. The number of nitriles is 1. The van der Waals surface area contributed by atoms with E-state index >= 15 is 0 Å². The maximum absolute atomic E-state index is 11.6. The van der Waals surface area contributed by atoms with Gasteiger partial charge in [-0.1, -0.05) is 30.3 Å². The van der Waals surface area contributed by atoms with Crippen LogP contribution in [0.5, 0.6) is 0 Å². The number of ketones is 1. The van der Waals surface area contributed by atoms with Gasteiger partial charge in [-0.2, -0.15) is 5.26 Å². The lowest BCUT2D eigenvalue weighted by Gasteiger charge is -2.17. The number of hydrogen-bond acceptors (Lipinski definition) is 4. The molecule has 0 aromatic heterocycles. The van der Waals surface area contributed by atoms with Gasteiger partial charge in [0.15, 0.2) is 5.78 Å². The molecule has 2 aromatic carbocycles. The molecule has 1 atom stereocenters. The summed E-state index contributed by atoms with van der Waals surface area (Å²) in [6.45, 7) is 5.67. The number of likely N-dealkylation sites (tertiary alicyclic amines) is 1. The molecule has 1 aliphatic rings. The summed E-state index contributed by atoms with van der Waals surface area (Å²) in [6.07, 6.45) is 2.25. The van der Waals surface area contributed by atoms with E-state index in [0.29, 0.717) is 17.0 Å². The van der Waals surface area contributed by atoms with Crippen molar-refractivity contribution in [1.82, 2.24) is 4.90 Å². The second kappa shape index (κ2) is 8.64. The van der Waals surface area contributed by atoms with E-state index < -0.39 is 0 Å². The molecule has 1 fully saturated rings. The summed E-state index contributed by atoms with van der Waals surface area (Å²) in [5.74, 6) is 0.587. The molecule has 0 aliphatic carbocycles. The number of nitrogens with one attached hydrogen (secondary N) is 1. The molecule has 0 spiro atoms. The first-order valence-corrected chi connectivity index (χ1v) is 9.21. The fourth-order valence-corrected chi connectivity index (χ4v) is 3.48. The highest BCUT2D eigenvalue weighted by atomic mass is 16.1. The van der Waals surface area contributed by atoms with Gasteiger partial charge in [0, 0.05) is 25.2 Å². The van der Waals surface area contributed by atoms with E-state index in [1.165, 1.54) is 5.56 Å². The van der Waals surface area contributed by atoms with Gasteiger partial charge in [-0.15, -0.1) is 0 Å². The largest absolute Gasteiger partial charge is 0.384 e. The number of carbonyl (C=O) groups is 1. The average molecular weight is 347 g/mol. The fourth-order valence-electron chi connectivity index (χ4n) is 3.48. The Morgan fingerprint density at radius 3 is 2.81 bits per heavy atom. The van der Waals surface area contributed by atoms with Crippen LogP contribution in [-0.4, -0.2) is 36.9 Å². The number of Topliss-reactive ketones (excluding diaryl/α,β-unsaturated/α-hetero) is 1. The average Bonchev–Trinajstić information content (AvgIpc) is 3.13. The molecule has 0 radical (unpaired) electrons. The predicted molar refractivity (Wildman–Crippen MR) is 104 cm³/mol. The minimum absolute atomic E-state index is 0.0190. The van der Waals surface area contributed by atoms with Gasteiger partial charge < -0.3 is 10.2 Å². The van der Waals surface area contributed by atoms with Crippen molar-refractivity contribution in [3.63, 3.8) is 0 Å². The van der Waals surface area contributed by atoms with Gasteiger partial charge in [0.2, 0.25) is 0 Å². The van der Waals surface area contributed by atoms with Gasteiger partial charge >= 0.3 is 0 Å². The Kier molecular flexibility index (Phi) is 6.04. The minimum Gasteiger partial charge on any atom is -0.384 e. The van der Waals surface area contributed by atoms with Crippen LogP contribution < -0.4 is 5.32 Å². The molecule has 1 heterocycles. The molecule has 26 heavy (non-hydrogen) atoms. The second-order valence-corrected chi connectivity index (χ2v) is 7.00. The molecule has 1 unspecified atom stereocenters. The number of anilines is 1. The first kappa shape index (κ1) is 18.2. The van der Waals surface area contributed by atoms with Crippen molar-refractivity contribution in [1.29, 1.82) is 5.26 Å². The van der Waals surface area contributed by atoms with Gasteiger partial charge in [0.25, 0.3) is 0 Å². The zero-order valence-corrected chi connectivity index (χ0v) is 15.2. The van der Waals surface area contributed by atoms with Crippen LogP contribution >= 0.6 is 0 Å². The molecule has 3 rings (SSSR count). The zero-order chi connectivity index (χ0) is 18.4. The van der Waals surface area contributed by atoms with Crippen LogP contribution in [0.3, 0.4) is 0 Å². The maximum atomic E-state index is 11.6. The van der Waals surface area contributed by atoms with Gasteiger partial charge in [0.1, 0.15) is 6.07 Å². The fraction of sp³-hybridized carbons (Fsp3) is 0.364. The summed E-state index contributed by atoms with van der Waals surface area (Å²) >= 11 is 0. The van der Waals surface area contributed by atoms with E-state index in [-0.39, 0.29) is 5.78 Å². The van der Waals surface area contributed by atoms with Gasteiger partial charge in [-0.25, -0.2) is 0 Å². The van der Waals surface area contributed by atoms with Crippen molar-refractivity contribution in [2.75, 3.05) is 31.5 Å². The summed E-state index contributed by atoms with van der Waals surface area (Å²) < 4.78 is 0. The number of hydrogen-bond donors (Lipinski definition) is 1. The zero-order valence-electron chi connectivity index (χ0n) is 15.2. The minimum atomic E-state index is 0.0190. The number of carbonyl (C=O) groups excluding carboxylic acids is 1. The Labute approximate surface area is 155 Å². The van der Waals surface area contributed by atoms with Crippen LogP contribution in [0, 0.1) is 17.2 Å². The lowest BCUT2D eigenvalue weighted by Crippen LogP contribution is -2.25. The Hall–Kier alpha value is -2.64. The highest BCUT2D eigenvalue weighted by Crippen LogP contribution is 2.21. The molecule has 4 heteroatoms. The van der Waals surface area contributed by atoms with Crippen molar-refractivity contribution in [2.24, 2.45) is 5.92 Å². The molecule has 1 N–H and O–H groups in total. The normalized spacial score (nSPS) is 17.0. The summed E-state index contributed by atoms with van der Waals surface area (Å²) in [7, 11) is 0. The van der Waals surface area contributed by atoms with Crippen LogP contribution in [0.15, 0.2) is 48.5 Å². The molecule has 1 saturated heterocycles. The molecular formula is C22H25N3O. The number of benzene rings is 2. The van der Waals surface area contributed by atoms with Crippen molar-refractivity contribution in [2.45, 2.75) is 19.8 Å². The van der Waals surface area contributed by atoms with E-state index in [0.717, 1.165) is 44.7 Å². The molecule has 1 aliphatic heterocycles. The third-order valence-corrected chi connectivity index (χ3v) is 5.06. The third-order valence-electron chi connectivity index (χ3n) is 5.06. The molecule has 2 aromatic rings. The Morgan fingerprint density at radius 2 is 2.08 bits per heavy atom. The van der Waals surface area contributed by atoms with E-state index in [4.69, 9.17) is 0 Å². The Morgan fingerprint density at radius 1 is 1.27 bits per heavy atom. The maximum Gasteiger partial charge on any atom is 0.159 e. The topological polar surface area (TPSA) is 56.1 Å². The predicted octanol–water partition coefficient (Wildman–Crippen LogP) is 3.74. The molecule has 4 nitrogen and oxygen atoms in total. The van der Waals surface area contributed by atoms with Crippen LogP contribution in [0.1, 0.15) is 34.8 Å². The van der Waals surface area contributed by atoms with Gasteiger partial charge in [0.05, 0.1) is 11.3 Å². The highest BCUT2D eigenvalue weighted by molar-refractivity contribution is 5.95. The summed E-state index contributed by atoms with van der Waals surface area (Å²) in [5, 5.41) is 12.7. The molecule has 0 bridgehead atoms. The van der Waals surface area contributed by atoms with Crippen LogP contribution in [0.2, 0.25) is 0 Å². The van der Waals surface area contributed by atoms with E-state index in [9.17, 15) is 10.1 Å². The van der Waals surface area contributed by atoms with Crippen LogP contribution in [0.25, 0.3) is 0 Å². The SMILES string of the molecule is CC(=O)c1ccc(C#N)c(NCC2CCN(CCc3ccccc3)C2)c1. The van der Waals surface area contributed by atoms with Gasteiger partial charge in [-0.3, -0.25) is 4.79 Å². The van der Waals surface area contributed by atoms with Crippen LogP contribution in [-0.2, 0) is 6.42 Å². The molecule has 134 valence electrons. The molecular weight excluding hydrogens is 322 g/mol. The number of rotatable bonds is 7. The Balaban J connectivity index is 1.51. The quantitative estimate of drug-likeness (QED) is 0.775. The van der Waals surface area contributed by atoms with Crippen molar-refractivity contribution < 1.29 is 4.79 Å². The number of nitrogens with zero attached hydrogens (tertiary/aromatic N) is 2. The van der Waals surface area contributed by atoms with Crippen LogP contribution in [0.4, 0.5) is 5.69 Å². The first-order chi connectivity index (χ1) is 12.7. The van der Waals surface area contributed by atoms with Crippen molar-refractivity contribution in [3.05, 3.63) is 65.2 Å². The first-order valence-electron chi connectivity index (χ1n) is 9.21. The smallest absolute Gasteiger partial charge is 0.159 e. The third kappa shape index (κ3) is 4.71. The van der Waals surface area contributed by atoms with E-state index in [1.54, 1.807) is 25.1 Å². The lowest BCUT2D eigenvalue weighted by molar-refractivity contribution is 0.101. The standard InChI is InChI=1S/C22H25N3O/c1-17(26)20-7-8-21(14-23)22(13-20)24-15-19-10-12-25(16-19)11-9-18-5-3-2-4-6-18/h2-8,13,19,24H,9-12,15-16H2,1H3. The monoisotopic (exact) mass is 347 g/mol. The molecule has 0 saturated carbocycles. The summed E-state index contributed by atoms with van der Waals surface area (Å²) in [4.78, 5) is 14.1. The van der Waals surface area contributed by atoms with Crippen molar-refractivity contribution >= 4 is 11.5 Å². The molecule has 0 amide bonds.